The summed E-state index contributed by atoms with van der Waals surface area (Å²) in [6.07, 6.45) is 2.39. The van der Waals surface area contributed by atoms with Gasteiger partial charge in [0.15, 0.2) is 0 Å². The molecule has 0 saturated heterocycles. The standard InChI is InChI=1S/C13H21N3O3S/c1-4-10(12-14-6-8-20-12)15-13(19)16(9(2)3)7-5-11(17)18/h6,8-10H,4-5,7H2,1-3H3,(H,15,19)(H,17,18). The van der Waals surface area contributed by atoms with E-state index in [0.717, 1.165) is 11.4 Å². The summed E-state index contributed by atoms with van der Waals surface area (Å²) >= 11 is 1.50. The van der Waals surface area contributed by atoms with Crippen molar-refractivity contribution in [2.45, 2.75) is 45.7 Å². The van der Waals surface area contributed by atoms with E-state index >= 15 is 0 Å². The molecule has 1 unspecified atom stereocenters. The minimum Gasteiger partial charge on any atom is -0.481 e. The summed E-state index contributed by atoms with van der Waals surface area (Å²) < 4.78 is 0. The van der Waals surface area contributed by atoms with E-state index in [-0.39, 0.29) is 31.1 Å². The predicted molar refractivity (Wildman–Crippen MR) is 77.8 cm³/mol. The van der Waals surface area contributed by atoms with E-state index in [1.165, 1.54) is 16.2 Å². The Labute approximate surface area is 122 Å². The van der Waals surface area contributed by atoms with Crippen molar-refractivity contribution in [3.05, 3.63) is 16.6 Å². The van der Waals surface area contributed by atoms with Crippen LogP contribution in [0.5, 0.6) is 0 Å². The van der Waals surface area contributed by atoms with Gasteiger partial charge in [0.05, 0.1) is 12.5 Å². The number of aliphatic carboxylic acids is 1. The van der Waals surface area contributed by atoms with Crippen molar-refractivity contribution in [2.75, 3.05) is 6.54 Å². The molecule has 0 aromatic carbocycles. The molecule has 0 saturated carbocycles. The third-order valence-corrected chi connectivity index (χ3v) is 3.80. The number of thiazole rings is 1. The van der Waals surface area contributed by atoms with Gasteiger partial charge < -0.3 is 15.3 Å². The predicted octanol–water partition coefficient (Wildman–Crippen LogP) is 2.49. The van der Waals surface area contributed by atoms with Crippen LogP contribution in [0.4, 0.5) is 4.79 Å². The zero-order chi connectivity index (χ0) is 15.1. The van der Waals surface area contributed by atoms with Gasteiger partial charge in [-0.1, -0.05) is 6.92 Å². The van der Waals surface area contributed by atoms with E-state index in [4.69, 9.17) is 5.11 Å². The van der Waals surface area contributed by atoms with Gasteiger partial charge in [0.25, 0.3) is 0 Å². The van der Waals surface area contributed by atoms with Crippen molar-refractivity contribution < 1.29 is 14.7 Å². The minimum atomic E-state index is -0.907. The largest absolute Gasteiger partial charge is 0.481 e. The number of nitrogens with one attached hydrogen (secondary N) is 1. The first-order valence-electron chi connectivity index (χ1n) is 6.64. The number of amides is 2. The Morgan fingerprint density at radius 2 is 2.20 bits per heavy atom. The topological polar surface area (TPSA) is 82.5 Å². The second-order valence-corrected chi connectivity index (χ2v) is 5.64. The molecule has 2 amide bonds. The number of aromatic nitrogens is 1. The molecular formula is C13H21N3O3S. The molecular weight excluding hydrogens is 278 g/mol. The first-order valence-corrected chi connectivity index (χ1v) is 7.52. The van der Waals surface area contributed by atoms with Crippen LogP contribution in [0.3, 0.4) is 0 Å². The number of hydrogen-bond acceptors (Lipinski definition) is 4. The highest BCUT2D eigenvalue weighted by molar-refractivity contribution is 7.09. The summed E-state index contributed by atoms with van der Waals surface area (Å²) in [5.41, 5.74) is 0. The fraction of sp³-hybridized carbons (Fsp3) is 0.615. The zero-order valence-corrected chi connectivity index (χ0v) is 12.8. The van der Waals surface area contributed by atoms with Gasteiger partial charge >= 0.3 is 12.0 Å². The summed E-state index contributed by atoms with van der Waals surface area (Å²) in [5.74, 6) is -0.907. The Bertz CT molecular complexity index is 434. The van der Waals surface area contributed by atoms with Gasteiger partial charge in [-0.3, -0.25) is 4.79 Å². The third kappa shape index (κ3) is 4.80. The molecule has 7 heteroatoms. The highest BCUT2D eigenvalue weighted by Gasteiger charge is 2.22. The van der Waals surface area contributed by atoms with Gasteiger partial charge in [-0.25, -0.2) is 9.78 Å². The monoisotopic (exact) mass is 299 g/mol. The minimum absolute atomic E-state index is 0.0526. The van der Waals surface area contributed by atoms with Crippen molar-refractivity contribution in [1.29, 1.82) is 0 Å². The molecule has 0 radical (unpaired) electrons. The Balaban J connectivity index is 2.67. The van der Waals surface area contributed by atoms with Gasteiger partial charge in [0, 0.05) is 24.2 Å². The van der Waals surface area contributed by atoms with Crippen LogP contribution < -0.4 is 5.32 Å². The summed E-state index contributed by atoms with van der Waals surface area (Å²) in [7, 11) is 0. The lowest BCUT2D eigenvalue weighted by molar-refractivity contribution is -0.137. The molecule has 0 aliphatic heterocycles. The number of hydrogen-bond donors (Lipinski definition) is 2. The highest BCUT2D eigenvalue weighted by atomic mass is 32.1. The summed E-state index contributed by atoms with van der Waals surface area (Å²) in [6.45, 7) is 5.91. The second kappa shape index (κ2) is 7.84. The quantitative estimate of drug-likeness (QED) is 0.810. The van der Waals surface area contributed by atoms with Crippen LogP contribution in [0.2, 0.25) is 0 Å². The van der Waals surface area contributed by atoms with Crippen LogP contribution in [0.15, 0.2) is 11.6 Å². The molecule has 0 aliphatic rings. The maximum atomic E-state index is 12.3. The number of carboxylic acid groups (broad SMARTS) is 1. The summed E-state index contributed by atoms with van der Waals surface area (Å²) in [6, 6.07) is -0.431. The van der Waals surface area contributed by atoms with E-state index in [9.17, 15) is 9.59 Å². The molecule has 2 N–H and O–H groups in total. The lowest BCUT2D eigenvalue weighted by Gasteiger charge is -2.28. The number of urea groups is 1. The van der Waals surface area contributed by atoms with E-state index in [1.54, 1.807) is 6.20 Å². The van der Waals surface area contributed by atoms with Gasteiger partial charge in [-0.15, -0.1) is 11.3 Å². The molecule has 0 bridgehead atoms. The smallest absolute Gasteiger partial charge is 0.318 e. The van der Waals surface area contributed by atoms with E-state index in [2.05, 4.69) is 10.3 Å². The van der Waals surface area contributed by atoms with Crippen LogP contribution in [-0.2, 0) is 4.79 Å². The van der Waals surface area contributed by atoms with Crippen molar-refractivity contribution in [3.8, 4) is 0 Å². The number of carbonyl (C=O) groups is 2. The average Bonchev–Trinajstić information content (AvgIpc) is 2.88. The Hall–Kier alpha value is -1.63. The normalized spacial score (nSPS) is 12.2. The van der Waals surface area contributed by atoms with Crippen LogP contribution in [0.25, 0.3) is 0 Å². The summed E-state index contributed by atoms with van der Waals surface area (Å²) in [4.78, 5) is 28.7. The van der Waals surface area contributed by atoms with Crippen molar-refractivity contribution in [1.82, 2.24) is 15.2 Å². The van der Waals surface area contributed by atoms with E-state index in [0.29, 0.717) is 0 Å². The average molecular weight is 299 g/mol. The molecule has 1 aromatic rings. The fourth-order valence-corrected chi connectivity index (χ4v) is 2.56. The van der Waals surface area contributed by atoms with Crippen LogP contribution in [0.1, 0.15) is 44.7 Å². The van der Waals surface area contributed by atoms with Gasteiger partial charge in [-0.2, -0.15) is 0 Å². The Morgan fingerprint density at radius 3 is 2.65 bits per heavy atom. The van der Waals surface area contributed by atoms with Gasteiger partial charge in [0.2, 0.25) is 0 Å². The molecule has 1 aromatic heterocycles. The number of carboxylic acids is 1. The Kier molecular flexibility index (Phi) is 6.44. The maximum absolute atomic E-state index is 12.3. The summed E-state index contributed by atoms with van der Waals surface area (Å²) in [5, 5.41) is 14.4. The molecule has 1 heterocycles. The molecule has 20 heavy (non-hydrogen) atoms. The lowest BCUT2D eigenvalue weighted by Crippen LogP contribution is -2.46. The first-order chi connectivity index (χ1) is 9.45. The number of nitrogens with zero attached hydrogens (tertiary/aromatic N) is 2. The van der Waals surface area contributed by atoms with Gasteiger partial charge in [0.1, 0.15) is 5.01 Å². The highest BCUT2D eigenvalue weighted by Crippen LogP contribution is 2.19. The lowest BCUT2D eigenvalue weighted by atomic mass is 10.2. The number of carbonyl (C=O) groups excluding carboxylic acids is 1. The van der Waals surface area contributed by atoms with Crippen LogP contribution >= 0.6 is 11.3 Å². The molecule has 1 rings (SSSR count). The number of rotatable bonds is 7. The van der Waals surface area contributed by atoms with E-state index in [1.807, 2.05) is 26.2 Å². The first kappa shape index (κ1) is 16.4. The third-order valence-electron chi connectivity index (χ3n) is 2.91. The van der Waals surface area contributed by atoms with Crippen molar-refractivity contribution in [2.24, 2.45) is 0 Å². The van der Waals surface area contributed by atoms with Crippen molar-refractivity contribution >= 4 is 23.3 Å². The van der Waals surface area contributed by atoms with Crippen molar-refractivity contribution in [3.63, 3.8) is 0 Å². The maximum Gasteiger partial charge on any atom is 0.318 e. The molecule has 0 fully saturated rings. The fourth-order valence-electron chi connectivity index (χ4n) is 1.79. The molecule has 0 spiro atoms. The van der Waals surface area contributed by atoms with Gasteiger partial charge in [-0.05, 0) is 20.3 Å². The molecule has 0 aliphatic carbocycles. The molecule has 1 atom stereocenters. The zero-order valence-electron chi connectivity index (χ0n) is 12.0. The second-order valence-electron chi connectivity index (χ2n) is 4.71. The Morgan fingerprint density at radius 1 is 1.50 bits per heavy atom. The molecule has 6 nitrogen and oxygen atoms in total. The SMILES string of the molecule is CCC(NC(=O)N(CCC(=O)O)C(C)C)c1nccs1. The van der Waals surface area contributed by atoms with Crippen LogP contribution in [0, 0.1) is 0 Å². The molecule has 112 valence electrons. The van der Waals surface area contributed by atoms with E-state index < -0.39 is 5.97 Å². The van der Waals surface area contributed by atoms with Crippen LogP contribution in [-0.4, -0.2) is 39.6 Å².